The number of halogens is 3. The molecule has 4 rings (SSSR count). The molecule has 0 spiro atoms. The number of esters is 1. The van der Waals surface area contributed by atoms with Crippen LogP contribution in [-0.4, -0.2) is 41.1 Å². The van der Waals surface area contributed by atoms with Gasteiger partial charge in [-0.1, -0.05) is 6.07 Å². The van der Waals surface area contributed by atoms with Gasteiger partial charge in [-0.05, 0) is 19.1 Å². The zero-order valence-electron chi connectivity index (χ0n) is 14.2. The van der Waals surface area contributed by atoms with Gasteiger partial charge in [0.1, 0.15) is 5.82 Å². The van der Waals surface area contributed by atoms with Crippen molar-refractivity contribution in [1.29, 1.82) is 0 Å². The Morgan fingerprint density at radius 1 is 1.35 bits per heavy atom. The molecule has 2 aliphatic rings. The summed E-state index contributed by atoms with van der Waals surface area (Å²) in [5.41, 5.74) is 1.21. The number of hydrogen-bond donors (Lipinski definition) is 0. The van der Waals surface area contributed by atoms with E-state index in [0.29, 0.717) is 11.3 Å². The third kappa shape index (κ3) is 2.83. The van der Waals surface area contributed by atoms with E-state index in [1.165, 1.54) is 18.6 Å². The Labute approximate surface area is 148 Å². The molecule has 2 heterocycles. The van der Waals surface area contributed by atoms with Crippen molar-refractivity contribution in [2.75, 3.05) is 24.6 Å². The predicted octanol–water partition coefficient (Wildman–Crippen LogP) is 2.95. The number of carbonyl (C=O) groups excluding carboxylic acids is 1. The maximum Gasteiger partial charge on any atom is 0.358 e. The molecule has 1 aromatic heterocycles. The molecule has 0 radical (unpaired) electrons. The molecular formula is C18H18F3N3O2. The maximum atomic E-state index is 14.4. The van der Waals surface area contributed by atoms with E-state index in [9.17, 15) is 18.0 Å². The predicted molar refractivity (Wildman–Crippen MR) is 87.8 cm³/mol. The molecular weight excluding hydrogens is 347 g/mol. The first kappa shape index (κ1) is 16.9. The number of ether oxygens (including phenoxy) is 1. The van der Waals surface area contributed by atoms with Gasteiger partial charge in [-0.15, -0.1) is 0 Å². The fraction of sp³-hybridized carbons (Fsp3) is 0.444. The Bertz CT molecular complexity index is 838. The molecule has 1 saturated carbocycles. The first-order chi connectivity index (χ1) is 12.4. The molecule has 1 aromatic carbocycles. The first-order valence-electron chi connectivity index (χ1n) is 8.50. The summed E-state index contributed by atoms with van der Waals surface area (Å²) >= 11 is 0. The largest absolute Gasteiger partial charge is 0.461 e. The van der Waals surface area contributed by atoms with E-state index in [4.69, 9.17) is 4.74 Å². The second-order valence-electron chi connectivity index (χ2n) is 6.72. The van der Waals surface area contributed by atoms with Gasteiger partial charge in [0.25, 0.3) is 5.92 Å². The number of anilines is 1. The lowest BCUT2D eigenvalue weighted by Gasteiger charge is -2.22. The molecule has 2 unspecified atom stereocenters. The first-order valence-corrected chi connectivity index (χ1v) is 8.50. The molecule has 26 heavy (non-hydrogen) atoms. The highest BCUT2D eigenvalue weighted by Gasteiger charge is 2.71. The fourth-order valence-corrected chi connectivity index (χ4v) is 3.53. The van der Waals surface area contributed by atoms with Gasteiger partial charge in [0.05, 0.1) is 31.3 Å². The van der Waals surface area contributed by atoms with Crippen LogP contribution in [0.4, 0.5) is 18.9 Å². The standard InChI is InChI=1S/C18H18F3N3O2/c1-2-26-17(25)16-9-23(10-22-16)6-11-3-4-12(5-15(11)19)24-7-13-14(8-24)18(13,20)21/h3-5,9-10,13-14H,2,6-8H2,1H3. The zero-order valence-corrected chi connectivity index (χ0v) is 14.2. The molecule has 138 valence electrons. The normalized spacial score (nSPS) is 23.0. The van der Waals surface area contributed by atoms with E-state index >= 15 is 0 Å². The highest BCUT2D eigenvalue weighted by atomic mass is 19.3. The van der Waals surface area contributed by atoms with Crippen LogP contribution >= 0.6 is 0 Å². The second-order valence-corrected chi connectivity index (χ2v) is 6.72. The van der Waals surface area contributed by atoms with Gasteiger partial charge < -0.3 is 14.2 Å². The number of carbonyl (C=O) groups is 1. The van der Waals surface area contributed by atoms with Crippen LogP contribution in [-0.2, 0) is 11.3 Å². The average Bonchev–Trinajstić information content (AvgIpc) is 3.05. The van der Waals surface area contributed by atoms with Gasteiger partial charge in [0.2, 0.25) is 0 Å². The van der Waals surface area contributed by atoms with Crippen molar-refractivity contribution in [1.82, 2.24) is 9.55 Å². The number of fused-ring (bicyclic) bond motifs is 1. The van der Waals surface area contributed by atoms with Crippen molar-refractivity contribution in [3.05, 3.63) is 47.8 Å². The molecule has 1 aliphatic carbocycles. The van der Waals surface area contributed by atoms with Gasteiger partial charge in [0.15, 0.2) is 5.69 Å². The second kappa shape index (κ2) is 6.03. The van der Waals surface area contributed by atoms with Crippen molar-refractivity contribution < 1.29 is 22.7 Å². The Hall–Kier alpha value is -2.51. The Kier molecular flexibility index (Phi) is 3.93. The minimum absolute atomic E-state index is 0.168. The fourth-order valence-electron chi connectivity index (χ4n) is 3.53. The lowest BCUT2D eigenvalue weighted by atomic mass is 10.1. The Morgan fingerprint density at radius 2 is 2.08 bits per heavy atom. The van der Waals surface area contributed by atoms with Gasteiger partial charge >= 0.3 is 5.97 Å². The molecule has 5 nitrogen and oxygen atoms in total. The molecule has 1 aliphatic heterocycles. The number of alkyl halides is 2. The van der Waals surface area contributed by atoms with Crippen molar-refractivity contribution in [3.8, 4) is 0 Å². The molecule has 0 N–H and O–H groups in total. The van der Waals surface area contributed by atoms with Crippen LogP contribution in [0.2, 0.25) is 0 Å². The highest BCUT2D eigenvalue weighted by molar-refractivity contribution is 5.86. The zero-order chi connectivity index (χ0) is 18.5. The summed E-state index contributed by atoms with van der Waals surface area (Å²) in [7, 11) is 0. The number of imidazole rings is 1. The van der Waals surface area contributed by atoms with Gasteiger partial charge in [-0.2, -0.15) is 0 Å². The van der Waals surface area contributed by atoms with Crippen LogP contribution < -0.4 is 4.90 Å². The molecule has 0 amide bonds. The van der Waals surface area contributed by atoms with Crippen LogP contribution in [0.15, 0.2) is 30.7 Å². The lowest BCUT2D eigenvalue weighted by molar-refractivity contribution is 0.0520. The van der Waals surface area contributed by atoms with Crippen LogP contribution in [0.3, 0.4) is 0 Å². The summed E-state index contributed by atoms with van der Waals surface area (Å²) in [6.45, 7) is 2.70. The molecule has 1 saturated heterocycles. The van der Waals surface area contributed by atoms with Crippen molar-refractivity contribution in [2.45, 2.75) is 19.4 Å². The number of benzene rings is 1. The summed E-state index contributed by atoms with van der Waals surface area (Å²) in [6, 6.07) is 4.75. The minimum Gasteiger partial charge on any atom is -0.461 e. The smallest absolute Gasteiger partial charge is 0.358 e. The molecule has 2 atom stereocenters. The SMILES string of the molecule is CCOC(=O)c1cn(Cc2ccc(N3CC4C(C3)C4(F)F)cc2F)cn1. The topological polar surface area (TPSA) is 47.4 Å². The summed E-state index contributed by atoms with van der Waals surface area (Å²) in [4.78, 5) is 17.4. The van der Waals surface area contributed by atoms with Crippen LogP contribution in [0, 0.1) is 17.7 Å². The summed E-state index contributed by atoms with van der Waals surface area (Å²) < 4.78 is 47.5. The summed E-state index contributed by atoms with van der Waals surface area (Å²) in [6.07, 6.45) is 2.94. The van der Waals surface area contributed by atoms with Gasteiger partial charge in [0, 0.05) is 30.5 Å². The lowest BCUT2D eigenvalue weighted by Crippen LogP contribution is -2.27. The summed E-state index contributed by atoms with van der Waals surface area (Å²) in [5.74, 6) is -4.69. The minimum atomic E-state index is -2.55. The van der Waals surface area contributed by atoms with E-state index in [1.54, 1.807) is 28.5 Å². The Balaban J connectivity index is 1.43. The highest BCUT2D eigenvalue weighted by Crippen LogP contribution is 2.59. The number of aromatic nitrogens is 2. The summed E-state index contributed by atoms with van der Waals surface area (Å²) in [5, 5.41) is 0. The number of rotatable bonds is 5. The van der Waals surface area contributed by atoms with Crippen LogP contribution in [0.25, 0.3) is 0 Å². The average molecular weight is 365 g/mol. The van der Waals surface area contributed by atoms with Crippen molar-refractivity contribution in [3.63, 3.8) is 0 Å². The third-order valence-electron chi connectivity index (χ3n) is 5.07. The molecule has 0 bridgehead atoms. The van der Waals surface area contributed by atoms with Crippen LogP contribution in [0.1, 0.15) is 23.0 Å². The maximum absolute atomic E-state index is 14.4. The van der Waals surface area contributed by atoms with E-state index in [1.807, 2.05) is 0 Å². The molecule has 2 fully saturated rings. The number of nitrogens with zero attached hydrogens (tertiary/aromatic N) is 3. The number of hydrogen-bond acceptors (Lipinski definition) is 4. The van der Waals surface area contributed by atoms with Gasteiger partial charge in [-0.3, -0.25) is 0 Å². The molecule has 2 aromatic rings. The van der Waals surface area contributed by atoms with E-state index in [2.05, 4.69) is 4.98 Å². The van der Waals surface area contributed by atoms with Crippen LogP contribution in [0.5, 0.6) is 0 Å². The quantitative estimate of drug-likeness (QED) is 0.765. The van der Waals surface area contributed by atoms with Gasteiger partial charge in [-0.25, -0.2) is 22.9 Å². The van der Waals surface area contributed by atoms with E-state index in [-0.39, 0.29) is 31.9 Å². The third-order valence-corrected chi connectivity index (χ3v) is 5.07. The van der Waals surface area contributed by atoms with E-state index < -0.39 is 29.5 Å². The Morgan fingerprint density at radius 3 is 2.73 bits per heavy atom. The van der Waals surface area contributed by atoms with Crippen molar-refractivity contribution in [2.24, 2.45) is 11.8 Å². The number of piperidine rings is 1. The van der Waals surface area contributed by atoms with Crippen molar-refractivity contribution >= 4 is 11.7 Å². The molecule has 8 heteroatoms. The monoisotopic (exact) mass is 365 g/mol. The van der Waals surface area contributed by atoms with E-state index in [0.717, 1.165) is 0 Å².